The molecule has 1 aromatic heterocycles. The minimum Gasteiger partial charge on any atom is -0.447 e. The van der Waals surface area contributed by atoms with E-state index in [9.17, 15) is 53.5 Å². The molecule has 7 N–H and O–H groups in total. The molecule has 14 atom stereocenters. The van der Waals surface area contributed by atoms with Gasteiger partial charge in [0.05, 0.1) is 6.10 Å². The molecule has 66 heavy (non-hydrogen) atoms. The molecule has 6 aliphatic rings. The number of aliphatic hydroxyl groups excluding tert-OH is 2. The number of amides is 2. The van der Waals surface area contributed by atoms with Crippen molar-refractivity contribution in [3.05, 3.63) is 56.9 Å². The van der Waals surface area contributed by atoms with E-state index in [-0.39, 0.29) is 50.8 Å². The summed E-state index contributed by atoms with van der Waals surface area (Å²) in [6, 6.07) is 0.949. The maximum Gasteiger partial charge on any atom is 0.473 e. The highest BCUT2D eigenvalue weighted by Crippen LogP contribution is 2.71. The van der Waals surface area contributed by atoms with E-state index < -0.39 is 121 Å². The molecule has 0 spiro atoms. The number of allylic oxidation sites excluding steroid dienone is 4. The largest absolute Gasteiger partial charge is 0.473 e. The first-order chi connectivity index (χ1) is 31.1. The molecule has 1 aromatic rings. The Labute approximate surface area is 379 Å². The molecule has 5 aliphatic carbocycles. The number of aliphatic hydroxyl groups is 3. The molecule has 0 bridgehead atoms. The summed E-state index contributed by atoms with van der Waals surface area (Å²) in [4.78, 5) is 88.7. The fraction of sp³-hybridized carbons (Fsp3) is 0.682. The molecule has 0 aromatic carbocycles. The summed E-state index contributed by atoms with van der Waals surface area (Å²) in [6.45, 7) is 2.52. The summed E-state index contributed by atoms with van der Waals surface area (Å²) in [5.41, 5.74) is -8.52. The topological polar surface area (TPSA) is 291 Å². The fourth-order valence-electron chi connectivity index (χ4n) is 11.3. The van der Waals surface area contributed by atoms with Gasteiger partial charge in [0.15, 0.2) is 23.5 Å². The van der Waals surface area contributed by atoms with E-state index in [0.29, 0.717) is 12.0 Å². The zero-order chi connectivity index (χ0) is 47.8. The summed E-state index contributed by atoms with van der Waals surface area (Å²) >= 11 is 0. The minimum absolute atomic E-state index is 0.0108. The molecule has 1 aliphatic heterocycles. The first-order valence-electron chi connectivity index (χ1n) is 22.3. The van der Waals surface area contributed by atoms with Gasteiger partial charge in [-0.05, 0) is 75.9 Å². The lowest BCUT2D eigenvalue weighted by Crippen LogP contribution is -2.69. The molecule has 3 saturated carbocycles. The Bertz CT molecular complexity index is 2360. The molecular formula is C44H58FN4O16P. The van der Waals surface area contributed by atoms with Gasteiger partial charge in [-0.15, -0.1) is 5.92 Å². The molecule has 0 radical (unpaired) electrons. The van der Waals surface area contributed by atoms with Crippen LogP contribution in [-0.4, -0.2) is 128 Å². The van der Waals surface area contributed by atoms with Crippen LogP contribution in [0.4, 0.5) is 9.18 Å². The molecule has 22 heteroatoms. The number of H-pyrrole nitrogens is 1. The highest BCUT2D eigenvalue weighted by molar-refractivity contribution is 7.47. The third-order valence-electron chi connectivity index (χ3n) is 14.7. The fourth-order valence-corrected chi connectivity index (χ4v) is 12.2. The molecule has 2 heterocycles. The number of alkyl halides is 1. The number of carbonyl (C=O) groups excluding carboxylic acids is 4. The molecule has 7 rings (SSSR count). The lowest BCUT2D eigenvalue weighted by atomic mass is 9.44. The summed E-state index contributed by atoms with van der Waals surface area (Å²) < 4.78 is 59.0. The number of hydrogen-bond acceptors (Lipinski definition) is 15. The normalized spacial score (nSPS) is 37.9. The van der Waals surface area contributed by atoms with Crippen molar-refractivity contribution >= 4 is 31.4 Å². The highest BCUT2D eigenvalue weighted by Gasteiger charge is 2.75. The predicted octanol–water partition coefficient (Wildman–Crippen LogP) is 1.41. The number of aromatic nitrogens is 2. The SMILES string of the molecule is C[C@@H]1C[C@H]2[C@@H]3CCC4=CC(=O)C=C[C@]4(C)[C@@]3(F)[C@@H](O)C[C@]2(C)[C@@]1(O)C(=O)COP(=O)(O)O[C@H]1[C@@H](O)[C@H](n2ccc(=O)[nH]c2=O)O[C@@H]1COC(=O)NCCNC(=O)COC1C#CCCCCC1. The van der Waals surface area contributed by atoms with Gasteiger partial charge in [0, 0.05) is 48.5 Å². The number of rotatable bonds is 15. The zero-order valence-corrected chi connectivity index (χ0v) is 37.8. The molecule has 2 unspecified atom stereocenters. The maximum atomic E-state index is 17.6. The second-order valence-electron chi connectivity index (χ2n) is 18.6. The van der Waals surface area contributed by atoms with Gasteiger partial charge in [0.1, 0.15) is 49.8 Å². The highest BCUT2D eigenvalue weighted by atomic mass is 31.2. The number of nitrogens with zero attached hydrogens (tertiary/aromatic N) is 1. The number of Topliss-reactive ketones (excluding diaryl/α,β-unsaturated/α-hetero) is 1. The Morgan fingerprint density at radius 3 is 2.59 bits per heavy atom. The summed E-state index contributed by atoms with van der Waals surface area (Å²) in [7, 11) is -5.41. The van der Waals surface area contributed by atoms with Crippen molar-refractivity contribution in [1.82, 2.24) is 20.2 Å². The first kappa shape index (κ1) is 49.5. The monoisotopic (exact) mass is 948 g/mol. The van der Waals surface area contributed by atoms with Gasteiger partial charge < -0.3 is 45.1 Å². The van der Waals surface area contributed by atoms with Crippen LogP contribution in [-0.2, 0) is 42.2 Å². The van der Waals surface area contributed by atoms with Crippen molar-refractivity contribution in [1.29, 1.82) is 0 Å². The Morgan fingerprint density at radius 2 is 1.83 bits per heavy atom. The van der Waals surface area contributed by atoms with Crippen LogP contribution in [0.2, 0.25) is 0 Å². The van der Waals surface area contributed by atoms with Gasteiger partial charge >= 0.3 is 19.6 Å². The Hall–Kier alpha value is -4.36. The van der Waals surface area contributed by atoms with Gasteiger partial charge in [-0.2, -0.15) is 0 Å². The standard InChI is InChI=1S/C44H58FN4O16P/c1-25-19-30-29-12-11-26-20-27(50)13-15-41(26,2)43(29,45)32(51)21-42(30,3)44(25,58)33(52)23-63-66(59,60)65-37-31(64-38(36(37)55)49-18-14-34(53)48-39(49)56)22-62-40(57)47-17-16-46-35(54)24-61-28-9-7-5-4-6-8-10-28/h13-15,18,20,25,28-32,36-38,51,55,58H,4-7,9,11-12,16-17,19,21-24H2,1-3H3,(H,46,54)(H,47,57)(H,59,60)(H,48,53,56)/t25-,28?,29+,30+,31-,32+,36-,37-,38-,41+,42+,43+,44+/m1/s1. The summed E-state index contributed by atoms with van der Waals surface area (Å²) in [5, 5.41) is 40.3. The van der Waals surface area contributed by atoms with Crippen LogP contribution in [0.25, 0.3) is 0 Å². The van der Waals surface area contributed by atoms with E-state index >= 15 is 4.39 Å². The summed E-state index contributed by atoms with van der Waals surface area (Å²) in [6.07, 6.45) is -0.0792. The van der Waals surface area contributed by atoms with Crippen molar-refractivity contribution < 1.29 is 71.6 Å². The lowest BCUT2D eigenvalue weighted by molar-refractivity contribution is -0.219. The molecule has 20 nitrogen and oxygen atoms in total. The molecule has 2 amide bonds. The van der Waals surface area contributed by atoms with E-state index in [1.807, 2.05) is 4.98 Å². The van der Waals surface area contributed by atoms with Gasteiger partial charge in [-0.25, -0.2) is 18.5 Å². The zero-order valence-electron chi connectivity index (χ0n) is 36.9. The van der Waals surface area contributed by atoms with E-state index in [1.165, 1.54) is 18.2 Å². The first-order valence-corrected chi connectivity index (χ1v) is 23.8. The van der Waals surface area contributed by atoms with E-state index in [2.05, 4.69) is 22.5 Å². The average Bonchev–Trinajstić information content (AvgIpc) is 3.65. The van der Waals surface area contributed by atoms with Crippen LogP contribution in [0.5, 0.6) is 0 Å². The van der Waals surface area contributed by atoms with Crippen molar-refractivity contribution in [3.63, 3.8) is 0 Å². The Balaban J connectivity index is 0.978. The van der Waals surface area contributed by atoms with Crippen LogP contribution in [0, 0.1) is 40.4 Å². The lowest BCUT2D eigenvalue weighted by Gasteiger charge is -2.62. The third kappa shape index (κ3) is 9.28. The number of nitrogens with one attached hydrogen (secondary N) is 3. The van der Waals surface area contributed by atoms with Crippen LogP contribution >= 0.6 is 7.82 Å². The number of phosphoric acid groups is 1. The van der Waals surface area contributed by atoms with E-state index in [1.54, 1.807) is 20.8 Å². The van der Waals surface area contributed by atoms with Crippen LogP contribution < -0.4 is 21.9 Å². The number of alkyl carbamates (subject to hydrolysis) is 1. The Morgan fingerprint density at radius 1 is 1.08 bits per heavy atom. The third-order valence-corrected chi connectivity index (χ3v) is 15.7. The number of hydrogen-bond donors (Lipinski definition) is 7. The maximum absolute atomic E-state index is 17.6. The quantitative estimate of drug-likeness (QED) is 0.0743. The number of aromatic amines is 1. The molecule has 362 valence electrons. The van der Waals surface area contributed by atoms with Crippen molar-refractivity contribution in [2.45, 2.75) is 127 Å². The number of ketones is 2. The van der Waals surface area contributed by atoms with Gasteiger partial charge in [0.25, 0.3) is 5.56 Å². The molecule has 4 fully saturated rings. The van der Waals surface area contributed by atoms with E-state index in [4.69, 9.17) is 23.3 Å². The Kier molecular flexibility index (Phi) is 14.5. The van der Waals surface area contributed by atoms with E-state index in [0.717, 1.165) is 48.9 Å². The van der Waals surface area contributed by atoms with Crippen LogP contribution in [0.3, 0.4) is 0 Å². The minimum atomic E-state index is -5.41. The van der Waals surface area contributed by atoms with Crippen LogP contribution in [0.15, 0.2) is 45.7 Å². The predicted molar refractivity (Wildman–Crippen MR) is 228 cm³/mol. The van der Waals surface area contributed by atoms with Crippen LogP contribution in [0.1, 0.15) is 84.8 Å². The second kappa shape index (κ2) is 19.3. The molecular weight excluding hydrogens is 890 g/mol. The number of halogens is 1. The van der Waals surface area contributed by atoms with Crippen molar-refractivity contribution in [2.24, 2.45) is 28.6 Å². The van der Waals surface area contributed by atoms with Crippen molar-refractivity contribution in [2.75, 3.05) is 32.9 Å². The number of fused-ring (bicyclic) bond motifs is 5. The van der Waals surface area contributed by atoms with Crippen molar-refractivity contribution in [3.8, 4) is 11.8 Å². The van der Waals surface area contributed by atoms with Gasteiger partial charge in [-0.3, -0.25) is 37.8 Å². The molecule has 1 saturated heterocycles. The van der Waals surface area contributed by atoms with Gasteiger partial charge in [-0.1, -0.05) is 37.8 Å². The van der Waals surface area contributed by atoms with Gasteiger partial charge in [0.2, 0.25) is 5.91 Å². The number of ether oxygens (including phenoxy) is 3. The summed E-state index contributed by atoms with van der Waals surface area (Å²) in [5.74, 6) is 1.97. The number of carbonyl (C=O) groups is 4. The number of phosphoric ester groups is 1. The second-order valence-corrected chi connectivity index (χ2v) is 20.0. The smallest absolute Gasteiger partial charge is 0.447 e. The average molecular weight is 949 g/mol.